The summed E-state index contributed by atoms with van der Waals surface area (Å²) in [5.41, 5.74) is 0.908. The number of nitrogens with zero attached hydrogens (tertiary/aromatic N) is 2. The van der Waals surface area contributed by atoms with Gasteiger partial charge < -0.3 is 0 Å². The van der Waals surface area contributed by atoms with E-state index in [1.807, 2.05) is 30.3 Å². The summed E-state index contributed by atoms with van der Waals surface area (Å²) in [5.74, 6) is 2.11. The Balaban J connectivity index is 1.40. The van der Waals surface area contributed by atoms with Gasteiger partial charge in [-0.05, 0) is 24.7 Å². The molecule has 2 aromatic rings. The molecule has 3 unspecified atom stereocenters. The van der Waals surface area contributed by atoms with E-state index in [0.717, 1.165) is 18.4 Å². The number of rotatable bonds is 5. The zero-order chi connectivity index (χ0) is 15.9. The van der Waals surface area contributed by atoms with Gasteiger partial charge in [0.15, 0.2) is 5.82 Å². The number of hydrogen-bond donors (Lipinski definition) is 2. The molecule has 1 aromatic heterocycles. The molecule has 2 aliphatic carbocycles. The molecule has 0 bridgehead atoms. The Kier molecular flexibility index (Phi) is 3.69. The lowest BCUT2D eigenvalue weighted by molar-refractivity contribution is 0.221. The molecule has 7 heteroatoms. The van der Waals surface area contributed by atoms with Crippen molar-refractivity contribution in [2.45, 2.75) is 37.5 Å². The van der Waals surface area contributed by atoms with Gasteiger partial charge in [0.1, 0.15) is 5.82 Å². The Bertz CT molecular complexity index is 787. The highest BCUT2D eigenvalue weighted by atomic mass is 32.2. The fourth-order valence-corrected chi connectivity index (χ4v) is 5.72. The summed E-state index contributed by atoms with van der Waals surface area (Å²) in [6.45, 7) is 0.163. The SMILES string of the molecule is O=S(=O)(NCc1nc(-c2ccccc2)n[nH]1)C1CC2CCCC21. The van der Waals surface area contributed by atoms with E-state index in [4.69, 9.17) is 0 Å². The highest BCUT2D eigenvalue weighted by Crippen LogP contribution is 2.49. The summed E-state index contributed by atoms with van der Waals surface area (Å²) in [5, 5.41) is 6.74. The number of aromatic nitrogens is 3. The van der Waals surface area contributed by atoms with Gasteiger partial charge in [0.05, 0.1) is 11.8 Å². The van der Waals surface area contributed by atoms with Crippen molar-refractivity contribution in [2.24, 2.45) is 11.8 Å². The van der Waals surface area contributed by atoms with Crippen LogP contribution in [0, 0.1) is 11.8 Å². The predicted octanol–water partition coefficient (Wildman–Crippen LogP) is 2.08. The van der Waals surface area contributed by atoms with Gasteiger partial charge in [0.25, 0.3) is 0 Å². The van der Waals surface area contributed by atoms with Crippen molar-refractivity contribution in [3.63, 3.8) is 0 Å². The normalized spacial score (nSPS) is 26.7. The van der Waals surface area contributed by atoms with E-state index >= 15 is 0 Å². The standard InChI is InChI=1S/C16H20N4O2S/c21-23(22,14-9-12-7-4-8-13(12)14)17-10-15-18-16(20-19-15)11-5-2-1-3-6-11/h1-3,5-6,12-14,17H,4,7-10H2,(H,18,19,20). The van der Waals surface area contributed by atoms with Crippen LogP contribution >= 0.6 is 0 Å². The summed E-state index contributed by atoms with van der Waals surface area (Å²) in [7, 11) is -3.27. The third-order valence-electron chi connectivity index (χ3n) is 5.13. The van der Waals surface area contributed by atoms with E-state index in [-0.39, 0.29) is 11.8 Å². The first-order valence-corrected chi connectivity index (χ1v) is 9.63. The summed E-state index contributed by atoms with van der Waals surface area (Å²) < 4.78 is 27.6. The van der Waals surface area contributed by atoms with Gasteiger partial charge in [0, 0.05) is 5.56 Å². The Hall–Kier alpha value is -1.73. The highest BCUT2D eigenvalue weighted by molar-refractivity contribution is 7.90. The van der Waals surface area contributed by atoms with Gasteiger partial charge in [-0.2, -0.15) is 5.10 Å². The van der Waals surface area contributed by atoms with Gasteiger partial charge in [-0.25, -0.2) is 18.1 Å². The van der Waals surface area contributed by atoms with Crippen molar-refractivity contribution in [1.82, 2.24) is 19.9 Å². The fraction of sp³-hybridized carbons (Fsp3) is 0.500. The molecular formula is C16H20N4O2S. The number of hydrogen-bond acceptors (Lipinski definition) is 4. The molecule has 2 aliphatic rings. The van der Waals surface area contributed by atoms with Gasteiger partial charge >= 0.3 is 0 Å². The summed E-state index contributed by atoms with van der Waals surface area (Å²) in [6, 6.07) is 9.61. The molecular weight excluding hydrogens is 312 g/mol. The van der Waals surface area contributed by atoms with E-state index < -0.39 is 10.0 Å². The molecule has 0 spiro atoms. The molecule has 3 atom stereocenters. The van der Waals surface area contributed by atoms with Crippen LogP contribution in [0.4, 0.5) is 0 Å². The molecule has 122 valence electrons. The average Bonchev–Trinajstić information content (AvgIpc) is 3.14. The van der Waals surface area contributed by atoms with Crippen LogP contribution in [0.2, 0.25) is 0 Å². The minimum atomic E-state index is -3.27. The van der Waals surface area contributed by atoms with Crippen LogP contribution in [0.3, 0.4) is 0 Å². The van der Waals surface area contributed by atoms with Crippen molar-refractivity contribution in [3.05, 3.63) is 36.2 Å². The Morgan fingerprint density at radius 2 is 2.04 bits per heavy atom. The molecule has 0 amide bonds. The number of sulfonamides is 1. The molecule has 0 aliphatic heterocycles. The summed E-state index contributed by atoms with van der Waals surface area (Å²) >= 11 is 0. The van der Waals surface area contributed by atoms with E-state index in [0.29, 0.717) is 23.5 Å². The van der Waals surface area contributed by atoms with Crippen molar-refractivity contribution in [1.29, 1.82) is 0 Å². The van der Waals surface area contributed by atoms with Crippen LogP contribution in [-0.4, -0.2) is 28.8 Å². The van der Waals surface area contributed by atoms with Gasteiger partial charge in [0.2, 0.25) is 10.0 Å². The quantitative estimate of drug-likeness (QED) is 0.877. The Morgan fingerprint density at radius 1 is 1.22 bits per heavy atom. The summed E-state index contributed by atoms with van der Waals surface area (Å²) in [6.07, 6.45) is 4.23. The lowest BCUT2D eigenvalue weighted by Crippen LogP contribution is -2.48. The van der Waals surface area contributed by atoms with Crippen LogP contribution in [0.15, 0.2) is 30.3 Å². The number of H-pyrrole nitrogens is 1. The molecule has 6 nitrogen and oxygen atoms in total. The zero-order valence-corrected chi connectivity index (χ0v) is 13.6. The van der Waals surface area contributed by atoms with E-state index in [1.165, 1.54) is 12.8 Å². The van der Waals surface area contributed by atoms with Crippen molar-refractivity contribution >= 4 is 10.0 Å². The molecule has 2 N–H and O–H groups in total. The first-order valence-electron chi connectivity index (χ1n) is 8.09. The minimum Gasteiger partial charge on any atom is -0.262 e. The largest absolute Gasteiger partial charge is 0.262 e. The number of aromatic amines is 1. The smallest absolute Gasteiger partial charge is 0.215 e. The van der Waals surface area contributed by atoms with Crippen molar-refractivity contribution in [3.8, 4) is 11.4 Å². The Labute approximate surface area is 135 Å². The van der Waals surface area contributed by atoms with E-state index in [1.54, 1.807) is 0 Å². The van der Waals surface area contributed by atoms with Crippen LogP contribution < -0.4 is 4.72 Å². The van der Waals surface area contributed by atoms with Gasteiger partial charge in [-0.1, -0.05) is 43.2 Å². The molecule has 2 saturated carbocycles. The van der Waals surface area contributed by atoms with E-state index in [2.05, 4.69) is 19.9 Å². The van der Waals surface area contributed by atoms with Crippen LogP contribution in [0.1, 0.15) is 31.5 Å². The van der Waals surface area contributed by atoms with Gasteiger partial charge in [-0.3, -0.25) is 5.10 Å². The topological polar surface area (TPSA) is 87.7 Å². The molecule has 4 rings (SSSR count). The molecule has 1 heterocycles. The second kappa shape index (κ2) is 5.72. The van der Waals surface area contributed by atoms with Crippen LogP contribution in [0.5, 0.6) is 0 Å². The first-order chi connectivity index (χ1) is 11.1. The third kappa shape index (κ3) is 2.79. The summed E-state index contributed by atoms with van der Waals surface area (Å²) in [4.78, 5) is 4.36. The lowest BCUT2D eigenvalue weighted by atomic mass is 9.76. The first kappa shape index (κ1) is 14.8. The molecule has 2 fully saturated rings. The van der Waals surface area contributed by atoms with Crippen LogP contribution in [0.25, 0.3) is 11.4 Å². The maximum absolute atomic E-state index is 12.4. The molecule has 1 aromatic carbocycles. The number of nitrogens with one attached hydrogen (secondary N) is 2. The maximum atomic E-state index is 12.4. The van der Waals surface area contributed by atoms with Crippen LogP contribution in [-0.2, 0) is 16.6 Å². The zero-order valence-electron chi connectivity index (χ0n) is 12.8. The van der Waals surface area contributed by atoms with Crippen molar-refractivity contribution < 1.29 is 8.42 Å². The maximum Gasteiger partial charge on any atom is 0.215 e. The third-order valence-corrected chi connectivity index (χ3v) is 7.02. The monoisotopic (exact) mass is 332 g/mol. The fourth-order valence-electron chi connectivity index (χ4n) is 3.85. The lowest BCUT2D eigenvalue weighted by Gasteiger charge is -2.39. The molecule has 0 saturated heterocycles. The van der Waals surface area contributed by atoms with Gasteiger partial charge in [-0.15, -0.1) is 0 Å². The Morgan fingerprint density at radius 3 is 2.83 bits per heavy atom. The molecule has 0 radical (unpaired) electrons. The highest BCUT2D eigenvalue weighted by Gasteiger charge is 2.49. The average molecular weight is 332 g/mol. The predicted molar refractivity (Wildman–Crippen MR) is 86.8 cm³/mol. The van der Waals surface area contributed by atoms with E-state index in [9.17, 15) is 8.42 Å². The second-order valence-electron chi connectivity index (χ2n) is 6.47. The number of fused-ring (bicyclic) bond motifs is 1. The van der Waals surface area contributed by atoms with Crippen molar-refractivity contribution in [2.75, 3.05) is 0 Å². The molecule has 23 heavy (non-hydrogen) atoms. The minimum absolute atomic E-state index is 0.163. The second-order valence-corrected chi connectivity index (χ2v) is 8.45. The number of benzene rings is 1.